The summed E-state index contributed by atoms with van der Waals surface area (Å²) in [5.74, 6) is 1.16. The summed E-state index contributed by atoms with van der Waals surface area (Å²) in [6.07, 6.45) is -2.06. The van der Waals surface area contributed by atoms with Gasteiger partial charge in [-0.2, -0.15) is 18.3 Å². The number of nitrogens with zero attached hydrogens (tertiary/aromatic N) is 2. The van der Waals surface area contributed by atoms with Gasteiger partial charge in [0, 0.05) is 11.6 Å². The monoisotopic (exact) mass is 414 g/mol. The smallest absolute Gasteiger partial charge is 0.418 e. The number of hydrazone groups is 1. The molecule has 30 heavy (non-hydrogen) atoms. The number of methoxy groups -OCH3 is 2. The Morgan fingerprint density at radius 3 is 2.23 bits per heavy atom. The third-order valence-corrected chi connectivity index (χ3v) is 5.37. The van der Waals surface area contributed by atoms with Crippen molar-refractivity contribution in [3.05, 3.63) is 77.0 Å². The highest BCUT2D eigenvalue weighted by Gasteiger charge is 2.37. The number of ether oxygens (including phenoxy) is 2. The molecule has 0 unspecified atom stereocenters. The molecule has 2 aromatic carbocycles. The van der Waals surface area contributed by atoms with Gasteiger partial charge >= 0.3 is 6.18 Å². The maximum absolute atomic E-state index is 13.7. The maximum Gasteiger partial charge on any atom is 0.418 e. The average Bonchev–Trinajstić information content (AvgIpc) is 3.23. The van der Waals surface area contributed by atoms with Crippen molar-refractivity contribution in [2.75, 3.05) is 19.2 Å². The van der Waals surface area contributed by atoms with Crippen molar-refractivity contribution in [3.63, 3.8) is 0 Å². The molecule has 1 aliphatic carbocycles. The Kier molecular flexibility index (Phi) is 5.05. The number of alkyl halides is 3. The lowest BCUT2D eigenvalue weighted by atomic mass is 9.95. The molecular formula is C23H21F3N2O2. The lowest BCUT2D eigenvalue weighted by Crippen LogP contribution is -2.27. The minimum atomic E-state index is -4.50. The van der Waals surface area contributed by atoms with Gasteiger partial charge in [0.15, 0.2) is 0 Å². The normalized spacial score (nSPS) is 16.5. The van der Waals surface area contributed by atoms with Crippen LogP contribution < -0.4 is 14.5 Å². The predicted octanol–water partition coefficient (Wildman–Crippen LogP) is 5.94. The number of para-hydroxylation sites is 1. The molecule has 1 aliphatic heterocycles. The largest absolute Gasteiger partial charge is 0.497 e. The molecule has 0 amide bonds. The minimum absolute atomic E-state index is 0.0409. The molecule has 0 radical (unpaired) electrons. The van der Waals surface area contributed by atoms with Crippen LogP contribution in [0.25, 0.3) is 0 Å². The van der Waals surface area contributed by atoms with Crippen molar-refractivity contribution >= 4 is 11.4 Å². The molecule has 0 saturated carbocycles. The second kappa shape index (κ2) is 7.55. The molecule has 4 nitrogen and oxygen atoms in total. The summed E-state index contributed by atoms with van der Waals surface area (Å²) >= 11 is 0. The molecule has 0 atom stereocenters. The summed E-state index contributed by atoms with van der Waals surface area (Å²) in [5.41, 5.74) is 2.99. The third kappa shape index (κ3) is 3.44. The fourth-order valence-corrected chi connectivity index (χ4v) is 3.95. The van der Waals surface area contributed by atoms with Crippen molar-refractivity contribution in [1.29, 1.82) is 0 Å². The SMILES string of the molecule is C=C1C2=C(CCC2)C(c2cc(OC)cc(OC)c2)=NN1c1ccccc1C(F)(F)F. The van der Waals surface area contributed by atoms with Gasteiger partial charge in [-0.05, 0) is 54.7 Å². The van der Waals surface area contributed by atoms with E-state index in [1.165, 1.54) is 17.1 Å². The van der Waals surface area contributed by atoms with Crippen LogP contribution in [0, 0.1) is 0 Å². The van der Waals surface area contributed by atoms with Gasteiger partial charge in [-0.15, -0.1) is 0 Å². The van der Waals surface area contributed by atoms with Crippen LogP contribution in [-0.4, -0.2) is 19.9 Å². The van der Waals surface area contributed by atoms with Crippen LogP contribution in [0.1, 0.15) is 30.4 Å². The first-order chi connectivity index (χ1) is 14.3. The summed E-state index contributed by atoms with van der Waals surface area (Å²) in [7, 11) is 3.10. The molecule has 7 heteroatoms. The van der Waals surface area contributed by atoms with Crippen molar-refractivity contribution in [1.82, 2.24) is 0 Å². The molecule has 0 N–H and O–H groups in total. The molecule has 2 aromatic rings. The highest BCUT2D eigenvalue weighted by molar-refractivity contribution is 6.15. The predicted molar refractivity (Wildman–Crippen MR) is 110 cm³/mol. The van der Waals surface area contributed by atoms with Crippen LogP contribution in [0.5, 0.6) is 11.5 Å². The molecule has 0 spiro atoms. The van der Waals surface area contributed by atoms with E-state index in [2.05, 4.69) is 11.7 Å². The molecule has 0 bridgehead atoms. The molecule has 0 aromatic heterocycles. The Labute approximate surface area is 172 Å². The number of benzene rings is 2. The van der Waals surface area contributed by atoms with Gasteiger partial charge in [-0.3, -0.25) is 0 Å². The Morgan fingerprint density at radius 1 is 0.967 bits per heavy atom. The first-order valence-electron chi connectivity index (χ1n) is 9.53. The molecule has 4 rings (SSSR count). The Morgan fingerprint density at radius 2 is 1.60 bits per heavy atom. The van der Waals surface area contributed by atoms with Crippen LogP contribution in [0.2, 0.25) is 0 Å². The highest BCUT2D eigenvalue weighted by Crippen LogP contribution is 2.44. The second-order valence-corrected chi connectivity index (χ2v) is 7.13. The van der Waals surface area contributed by atoms with E-state index in [0.29, 0.717) is 22.9 Å². The Balaban J connectivity index is 1.90. The van der Waals surface area contributed by atoms with Gasteiger partial charge in [-0.1, -0.05) is 18.7 Å². The van der Waals surface area contributed by atoms with Crippen LogP contribution >= 0.6 is 0 Å². The zero-order valence-corrected chi connectivity index (χ0v) is 16.7. The number of anilines is 1. The number of hydrogen-bond acceptors (Lipinski definition) is 4. The fourth-order valence-electron chi connectivity index (χ4n) is 3.95. The first kappa shape index (κ1) is 20.1. The summed E-state index contributed by atoms with van der Waals surface area (Å²) in [6.45, 7) is 4.08. The zero-order chi connectivity index (χ0) is 21.5. The molecule has 1 heterocycles. The molecular weight excluding hydrogens is 393 g/mol. The van der Waals surface area contributed by atoms with E-state index in [0.717, 1.165) is 42.0 Å². The Hall–Kier alpha value is -3.22. The van der Waals surface area contributed by atoms with E-state index in [9.17, 15) is 13.2 Å². The van der Waals surface area contributed by atoms with Crippen molar-refractivity contribution in [3.8, 4) is 11.5 Å². The van der Waals surface area contributed by atoms with Gasteiger partial charge < -0.3 is 9.47 Å². The lowest BCUT2D eigenvalue weighted by molar-refractivity contribution is -0.137. The fraction of sp³-hybridized carbons (Fsp3) is 0.261. The molecule has 0 fully saturated rings. The molecule has 156 valence electrons. The Bertz CT molecular complexity index is 1050. The van der Waals surface area contributed by atoms with E-state index in [-0.39, 0.29) is 5.69 Å². The van der Waals surface area contributed by atoms with Crippen molar-refractivity contribution in [2.24, 2.45) is 5.10 Å². The van der Waals surface area contributed by atoms with E-state index in [4.69, 9.17) is 9.47 Å². The average molecular weight is 414 g/mol. The number of halogens is 3. The summed E-state index contributed by atoms with van der Waals surface area (Å²) < 4.78 is 51.7. The highest BCUT2D eigenvalue weighted by atomic mass is 19.4. The van der Waals surface area contributed by atoms with Gasteiger partial charge in [0.1, 0.15) is 11.5 Å². The summed E-state index contributed by atoms with van der Waals surface area (Å²) in [5, 5.41) is 5.97. The van der Waals surface area contributed by atoms with E-state index < -0.39 is 11.7 Å². The summed E-state index contributed by atoms with van der Waals surface area (Å²) in [6, 6.07) is 10.8. The number of hydrogen-bond donors (Lipinski definition) is 0. The molecule has 2 aliphatic rings. The number of allylic oxidation sites excluding steroid dienone is 2. The first-order valence-corrected chi connectivity index (χ1v) is 9.53. The maximum atomic E-state index is 13.7. The van der Waals surface area contributed by atoms with Gasteiger partial charge in [0.2, 0.25) is 0 Å². The standard InChI is InChI=1S/C23H21F3N2O2/c1-14-18-7-6-8-19(18)22(15-11-16(29-2)13-17(12-15)30-3)27-28(14)21-10-5-4-9-20(21)23(24,25)26/h4-5,9-13H,1,6-8H2,2-3H3. The van der Waals surface area contributed by atoms with Crippen molar-refractivity contribution < 1.29 is 22.6 Å². The minimum Gasteiger partial charge on any atom is -0.497 e. The van der Waals surface area contributed by atoms with Crippen LogP contribution in [0.15, 0.2) is 71.0 Å². The van der Waals surface area contributed by atoms with E-state index >= 15 is 0 Å². The van der Waals surface area contributed by atoms with Gasteiger partial charge in [0.25, 0.3) is 0 Å². The van der Waals surface area contributed by atoms with E-state index in [1.54, 1.807) is 26.4 Å². The third-order valence-electron chi connectivity index (χ3n) is 5.37. The van der Waals surface area contributed by atoms with Gasteiger partial charge in [-0.25, -0.2) is 5.01 Å². The van der Waals surface area contributed by atoms with Crippen LogP contribution in [0.3, 0.4) is 0 Å². The second-order valence-electron chi connectivity index (χ2n) is 7.13. The molecule has 0 saturated heterocycles. The lowest BCUT2D eigenvalue weighted by Gasteiger charge is -2.31. The summed E-state index contributed by atoms with van der Waals surface area (Å²) in [4.78, 5) is 0. The van der Waals surface area contributed by atoms with Crippen LogP contribution in [0.4, 0.5) is 18.9 Å². The van der Waals surface area contributed by atoms with Crippen molar-refractivity contribution in [2.45, 2.75) is 25.4 Å². The van der Waals surface area contributed by atoms with Gasteiger partial charge in [0.05, 0.1) is 36.9 Å². The number of rotatable bonds is 4. The quantitative estimate of drug-likeness (QED) is 0.621. The van der Waals surface area contributed by atoms with Crippen LogP contribution in [-0.2, 0) is 6.18 Å². The topological polar surface area (TPSA) is 34.1 Å². The van der Waals surface area contributed by atoms with E-state index in [1.807, 2.05) is 12.1 Å². The zero-order valence-electron chi connectivity index (χ0n) is 16.7.